The van der Waals surface area contributed by atoms with E-state index in [4.69, 9.17) is 10.00 Å². The third-order valence-corrected chi connectivity index (χ3v) is 6.13. The van der Waals surface area contributed by atoms with E-state index in [9.17, 15) is 4.79 Å². The molecule has 0 spiro atoms. The summed E-state index contributed by atoms with van der Waals surface area (Å²) in [6.07, 6.45) is 8.96. The molecule has 0 saturated heterocycles. The predicted octanol–water partition coefficient (Wildman–Crippen LogP) is 3.27. The van der Waals surface area contributed by atoms with Gasteiger partial charge in [-0.1, -0.05) is 0 Å². The molecule has 0 atom stereocenters. The van der Waals surface area contributed by atoms with Crippen LogP contribution < -0.4 is 0 Å². The van der Waals surface area contributed by atoms with Crippen molar-refractivity contribution in [1.29, 1.82) is 5.26 Å². The van der Waals surface area contributed by atoms with Gasteiger partial charge in [-0.05, 0) is 44.6 Å². The minimum atomic E-state index is -0.637. The van der Waals surface area contributed by atoms with Gasteiger partial charge < -0.3 is 14.3 Å². The summed E-state index contributed by atoms with van der Waals surface area (Å²) in [5.41, 5.74) is 2.37. The molecule has 1 N–H and O–H groups in total. The van der Waals surface area contributed by atoms with Crippen LogP contribution >= 0.6 is 0 Å². The van der Waals surface area contributed by atoms with Crippen LogP contribution in [-0.2, 0) is 15.1 Å². The Bertz CT molecular complexity index is 1100. The fourth-order valence-electron chi connectivity index (χ4n) is 4.90. The third-order valence-electron chi connectivity index (χ3n) is 6.13. The molecular formula is C20H21N5O2. The van der Waals surface area contributed by atoms with Gasteiger partial charge in [0, 0.05) is 17.1 Å². The molecule has 0 radical (unpaired) electrons. The summed E-state index contributed by atoms with van der Waals surface area (Å²) in [4.78, 5) is 24.3. The summed E-state index contributed by atoms with van der Waals surface area (Å²) in [6.45, 7) is 3.70. The monoisotopic (exact) mass is 363 g/mol. The van der Waals surface area contributed by atoms with Crippen LogP contribution in [0.3, 0.4) is 0 Å². The molecule has 0 unspecified atom stereocenters. The molecule has 7 heteroatoms. The number of H-pyrrole nitrogens is 1. The van der Waals surface area contributed by atoms with E-state index < -0.39 is 5.41 Å². The lowest BCUT2D eigenvalue weighted by Gasteiger charge is -2.70. The molecule has 3 aromatic heterocycles. The lowest BCUT2D eigenvalue weighted by atomic mass is 9.38. The van der Waals surface area contributed by atoms with E-state index in [-0.39, 0.29) is 23.5 Å². The first kappa shape index (κ1) is 16.3. The number of esters is 1. The zero-order valence-corrected chi connectivity index (χ0v) is 15.5. The number of aromatic nitrogens is 4. The van der Waals surface area contributed by atoms with Crippen LogP contribution in [0, 0.1) is 22.2 Å². The summed E-state index contributed by atoms with van der Waals surface area (Å²) in [5, 5.41) is 10.1. The molecule has 3 heterocycles. The summed E-state index contributed by atoms with van der Waals surface area (Å²) in [6, 6.07) is 4.20. The standard InChI is InChI=1S/C20H21N5O2/c1-18(2,10-21)11-27-15(26)5-19-7-20(8-19,9-19)25-12-24-14-6-23-17-13(16(14)25)3-4-22-17/h3-4,6,12H,5,7-9,11H2,1-2H3,(H,22,23). The number of nitrogens with zero attached hydrogens (tertiary/aromatic N) is 4. The largest absolute Gasteiger partial charge is 0.464 e. The normalized spacial score (nSPS) is 26.4. The zero-order chi connectivity index (χ0) is 18.9. The van der Waals surface area contributed by atoms with E-state index in [1.807, 2.05) is 18.6 Å². The molecule has 3 aliphatic carbocycles. The van der Waals surface area contributed by atoms with Gasteiger partial charge in [-0.25, -0.2) is 9.97 Å². The molecule has 138 valence electrons. The SMILES string of the molecule is CC(C)(C#N)COC(=O)CC12CC(n3cnc4cnc5[nH]ccc5c43)(C1)C2. The maximum absolute atomic E-state index is 12.2. The third kappa shape index (κ3) is 2.29. The Morgan fingerprint density at radius 2 is 2.19 bits per heavy atom. The Kier molecular flexibility index (Phi) is 3.08. The number of carbonyl (C=O) groups excluding carboxylic acids is 1. The first-order chi connectivity index (χ1) is 12.9. The van der Waals surface area contributed by atoms with E-state index in [2.05, 4.69) is 25.6 Å². The molecule has 0 aromatic carbocycles. The minimum Gasteiger partial charge on any atom is -0.464 e. The number of hydrogen-bond acceptors (Lipinski definition) is 5. The van der Waals surface area contributed by atoms with Crippen LogP contribution in [0.25, 0.3) is 22.1 Å². The smallest absolute Gasteiger partial charge is 0.306 e. The van der Waals surface area contributed by atoms with Crippen LogP contribution in [-0.4, -0.2) is 32.1 Å². The first-order valence-corrected chi connectivity index (χ1v) is 9.22. The molecule has 0 amide bonds. The quantitative estimate of drug-likeness (QED) is 0.702. The number of nitriles is 1. The summed E-state index contributed by atoms with van der Waals surface area (Å²) in [7, 11) is 0. The van der Waals surface area contributed by atoms with E-state index in [1.165, 1.54) is 0 Å². The van der Waals surface area contributed by atoms with Gasteiger partial charge in [0.15, 0.2) is 0 Å². The second-order valence-electron chi connectivity index (χ2n) is 8.93. The second kappa shape index (κ2) is 5.10. The number of hydrogen-bond donors (Lipinski definition) is 1. The van der Waals surface area contributed by atoms with Gasteiger partial charge in [-0.3, -0.25) is 4.79 Å². The number of nitrogens with one attached hydrogen (secondary N) is 1. The van der Waals surface area contributed by atoms with Crippen molar-refractivity contribution in [2.24, 2.45) is 10.8 Å². The summed E-state index contributed by atoms with van der Waals surface area (Å²) in [5.74, 6) is -0.195. The Balaban J connectivity index is 1.31. The fourth-order valence-corrected chi connectivity index (χ4v) is 4.90. The van der Waals surface area contributed by atoms with Crippen molar-refractivity contribution < 1.29 is 9.53 Å². The van der Waals surface area contributed by atoms with E-state index >= 15 is 0 Å². The molecule has 3 aromatic rings. The van der Waals surface area contributed by atoms with Crippen molar-refractivity contribution in [1.82, 2.24) is 19.5 Å². The van der Waals surface area contributed by atoms with E-state index in [0.29, 0.717) is 6.42 Å². The molecule has 3 saturated carbocycles. The van der Waals surface area contributed by atoms with Crippen molar-refractivity contribution >= 4 is 28.0 Å². The highest BCUT2D eigenvalue weighted by molar-refractivity contribution is 6.01. The summed E-state index contributed by atoms with van der Waals surface area (Å²) >= 11 is 0. The van der Waals surface area contributed by atoms with Crippen molar-refractivity contribution in [2.45, 2.75) is 45.1 Å². The van der Waals surface area contributed by atoms with Crippen LogP contribution in [0.15, 0.2) is 24.8 Å². The van der Waals surface area contributed by atoms with Gasteiger partial charge in [0.25, 0.3) is 0 Å². The average molecular weight is 363 g/mol. The number of ether oxygens (including phenoxy) is 1. The van der Waals surface area contributed by atoms with Gasteiger partial charge in [0.2, 0.25) is 0 Å². The van der Waals surface area contributed by atoms with Crippen LogP contribution in [0.2, 0.25) is 0 Å². The van der Waals surface area contributed by atoms with Crippen molar-refractivity contribution in [2.75, 3.05) is 6.61 Å². The van der Waals surface area contributed by atoms with Crippen LogP contribution in [0.5, 0.6) is 0 Å². The molecule has 2 bridgehead atoms. The maximum Gasteiger partial charge on any atom is 0.306 e. The highest BCUT2D eigenvalue weighted by atomic mass is 16.5. The molecular weight excluding hydrogens is 342 g/mol. The number of carbonyl (C=O) groups is 1. The lowest BCUT2D eigenvalue weighted by molar-refractivity contribution is -0.200. The van der Waals surface area contributed by atoms with Gasteiger partial charge in [-0.15, -0.1) is 0 Å². The lowest BCUT2D eigenvalue weighted by Crippen LogP contribution is -2.67. The molecule has 6 rings (SSSR count). The van der Waals surface area contributed by atoms with Crippen LogP contribution in [0.1, 0.15) is 39.5 Å². The Morgan fingerprint density at radius 3 is 2.93 bits per heavy atom. The number of imidazole rings is 1. The molecule has 0 aliphatic heterocycles. The van der Waals surface area contributed by atoms with Crippen molar-refractivity contribution in [3.8, 4) is 6.07 Å². The van der Waals surface area contributed by atoms with Gasteiger partial charge >= 0.3 is 5.97 Å². The maximum atomic E-state index is 12.2. The number of pyridine rings is 1. The van der Waals surface area contributed by atoms with E-state index in [1.54, 1.807) is 20.0 Å². The van der Waals surface area contributed by atoms with Crippen molar-refractivity contribution in [3.05, 3.63) is 24.8 Å². The van der Waals surface area contributed by atoms with Gasteiger partial charge in [-0.2, -0.15) is 5.26 Å². The number of fused-ring (bicyclic) bond motifs is 3. The number of rotatable bonds is 5. The highest BCUT2D eigenvalue weighted by Gasteiger charge is 2.69. The molecule has 3 aliphatic rings. The van der Waals surface area contributed by atoms with Crippen molar-refractivity contribution in [3.63, 3.8) is 0 Å². The van der Waals surface area contributed by atoms with Gasteiger partial charge in [0.1, 0.15) is 17.8 Å². The van der Waals surface area contributed by atoms with Crippen LogP contribution in [0.4, 0.5) is 0 Å². The number of aromatic amines is 1. The average Bonchev–Trinajstić information content (AvgIpc) is 3.21. The Labute approximate surface area is 156 Å². The van der Waals surface area contributed by atoms with Gasteiger partial charge in [0.05, 0.1) is 35.9 Å². The highest BCUT2D eigenvalue weighted by Crippen LogP contribution is 2.73. The molecule has 7 nitrogen and oxygen atoms in total. The Morgan fingerprint density at radius 1 is 1.41 bits per heavy atom. The predicted molar refractivity (Wildman–Crippen MR) is 98.6 cm³/mol. The topological polar surface area (TPSA) is 96.6 Å². The molecule has 27 heavy (non-hydrogen) atoms. The van der Waals surface area contributed by atoms with E-state index in [0.717, 1.165) is 41.3 Å². The first-order valence-electron chi connectivity index (χ1n) is 9.22. The molecule has 3 fully saturated rings. The summed E-state index contributed by atoms with van der Waals surface area (Å²) < 4.78 is 7.63. The Hall–Kier alpha value is -2.88. The minimum absolute atomic E-state index is 0.0504. The zero-order valence-electron chi connectivity index (χ0n) is 15.5. The fraction of sp³-hybridized carbons (Fsp3) is 0.500. The second-order valence-corrected chi connectivity index (χ2v) is 8.93.